The first kappa shape index (κ1) is 12.1. The van der Waals surface area contributed by atoms with Crippen molar-refractivity contribution in [3.05, 3.63) is 36.4 Å². The Kier molecular flexibility index (Phi) is 3.28. The van der Waals surface area contributed by atoms with Crippen molar-refractivity contribution in [2.75, 3.05) is 14.2 Å². The monoisotopic (exact) mass is 246 g/mol. The van der Waals surface area contributed by atoms with Crippen LogP contribution in [0.3, 0.4) is 0 Å². The number of hydrogen-bond donors (Lipinski definition) is 2. The Morgan fingerprint density at radius 3 is 2.11 bits per heavy atom. The minimum atomic E-state index is -0.103. The van der Waals surface area contributed by atoms with Gasteiger partial charge in [-0.25, -0.2) is 0 Å². The van der Waals surface area contributed by atoms with E-state index in [0.717, 1.165) is 5.56 Å². The quantitative estimate of drug-likeness (QED) is 0.874. The van der Waals surface area contributed by atoms with Gasteiger partial charge in [-0.05, 0) is 12.1 Å². The average molecular weight is 246 g/mol. The minimum Gasteiger partial charge on any atom is -0.507 e. The normalized spacial score (nSPS) is 10.1. The first-order chi connectivity index (χ1) is 8.67. The third kappa shape index (κ3) is 2.05. The lowest BCUT2D eigenvalue weighted by Crippen LogP contribution is -1.90. The van der Waals surface area contributed by atoms with Gasteiger partial charge in [0.2, 0.25) is 0 Å². The summed E-state index contributed by atoms with van der Waals surface area (Å²) in [5.41, 5.74) is 1.28. The zero-order valence-electron chi connectivity index (χ0n) is 10.2. The molecule has 0 saturated carbocycles. The van der Waals surface area contributed by atoms with Gasteiger partial charge in [-0.3, -0.25) is 0 Å². The molecule has 0 fully saturated rings. The van der Waals surface area contributed by atoms with Crippen LogP contribution in [0.4, 0.5) is 0 Å². The highest BCUT2D eigenvalue weighted by atomic mass is 16.5. The molecule has 0 atom stereocenters. The molecule has 0 bridgehead atoms. The van der Waals surface area contributed by atoms with Crippen LogP contribution in [0.25, 0.3) is 11.1 Å². The first-order valence-electron chi connectivity index (χ1n) is 5.40. The molecule has 2 aromatic rings. The standard InChI is InChI=1S/C14H14O4/c1-17-13-6-4-3-5-9(13)10-7-14(18-2)12(16)8-11(10)15/h3-8,15-16H,1-2H3. The molecule has 2 rings (SSSR count). The van der Waals surface area contributed by atoms with E-state index in [4.69, 9.17) is 9.47 Å². The van der Waals surface area contributed by atoms with Gasteiger partial charge in [0, 0.05) is 17.2 Å². The average Bonchev–Trinajstić information content (AvgIpc) is 2.39. The van der Waals surface area contributed by atoms with Crippen molar-refractivity contribution in [1.82, 2.24) is 0 Å². The number of phenolic OH excluding ortho intramolecular Hbond substituents is 2. The van der Waals surface area contributed by atoms with Gasteiger partial charge in [0.1, 0.15) is 11.5 Å². The van der Waals surface area contributed by atoms with Crippen LogP contribution in [-0.4, -0.2) is 24.4 Å². The molecule has 2 N–H and O–H groups in total. The van der Waals surface area contributed by atoms with Crippen molar-refractivity contribution in [2.45, 2.75) is 0 Å². The van der Waals surface area contributed by atoms with Crippen LogP contribution in [0.1, 0.15) is 0 Å². The van der Waals surface area contributed by atoms with E-state index >= 15 is 0 Å². The molecule has 0 amide bonds. The molecular weight excluding hydrogens is 232 g/mol. The Hall–Kier alpha value is -2.36. The SMILES string of the molecule is COc1cc(-c2ccccc2OC)c(O)cc1O. The number of rotatable bonds is 3. The highest BCUT2D eigenvalue weighted by Crippen LogP contribution is 2.41. The molecular formula is C14H14O4. The number of aromatic hydroxyl groups is 2. The maximum atomic E-state index is 9.91. The number of para-hydroxylation sites is 1. The van der Waals surface area contributed by atoms with E-state index < -0.39 is 0 Å². The summed E-state index contributed by atoms with van der Waals surface area (Å²) in [6, 6.07) is 10.1. The second kappa shape index (κ2) is 4.87. The molecule has 0 aliphatic heterocycles. The van der Waals surface area contributed by atoms with Crippen molar-refractivity contribution in [1.29, 1.82) is 0 Å². The molecule has 18 heavy (non-hydrogen) atoms. The number of hydrogen-bond acceptors (Lipinski definition) is 4. The smallest absolute Gasteiger partial charge is 0.161 e. The number of phenols is 2. The van der Waals surface area contributed by atoms with Crippen LogP contribution in [-0.2, 0) is 0 Å². The van der Waals surface area contributed by atoms with E-state index in [1.54, 1.807) is 19.2 Å². The fourth-order valence-corrected chi connectivity index (χ4v) is 1.80. The Morgan fingerprint density at radius 2 is 1.44 bits per heavy atom. The lowest BCUT2D eigenvalue weighted by Gasteiger charge is -2.12. The predicted molar refractivity (Wildman–Crippen MR) is 68.3 cm³/mol. The maximum Gasteiger partial charge on any atom is 0.161 e. The summed E-state index contributed by atoms with van der Waals surface area (Å²) in [6.07, 6.45) is 0. The number of benzene rings is 2. The molecule has 2 aromatic carbocycles. The highest BCUT2D eigenvalue weighted by molar-refractivity contribution is 5.78. The Morgan fingerprint density at radius 1 is 0.778 bits per heavy atom. The molecule has 0 radical (unpaired) electrons. The number of ether oxygens (including phenoxy) is 2. The van der Waals surface area contributed by atoms with Gasteiger partial charge in [0.15, 0.2) is 11.5 Å². The van der Waals surface area contributed by atoms with E-state index in [2.05, 4.69) is 0 Å². The summed E-state index contributed by atoms with van der Waals surface area (Å²) in [5, 5.41) is 19.5. The molecule has 0 unspecified atom stereocenters. The van der Waals surface area contributed by atoms with Crippen LogP contribution in [0.2, 0.25) is 0 Å². The Balaban J connectivity index is 2.63. The van der Waals surface area contributed by atoms with Gasteiger partial charge >= 0.3 is 0 Å². The Bertz CT molecular complexity index is 564. The van der Waals surface area contributed by atoms with E-state index in [0.29, 0.717) is 17.1 Å². The topological polar surface area (TPSA) is 58.9 Å². The van der Waals surface area contributed by atoms with Gasteiger partial charge in [-0.15, -0.1) is 0 Å². The summed E-state index contributed by atoms with van der Waals surface area (Å²) in [4.78, 5) is 0. The van der Waals surface area contributed by atoms with Crippen molar-refractivity contribution < 1.29 is 19.7 Å². The molecule has 0 spiro atoms. The molecule has 0 saturated heterocycles. The minimum absolute atomic E-state index is 0.0298. The molecule has 0 aromatic heterocycles. The van der Waals surface area contributed by atoms with Gasteiger partial charge in [0.05, 0.1) is 14.2 Å². The van der Waals surface area contributed by atoms with Crippen molar-refractivity contribution in [3.8, 4) is 34.1 Å². The van der Waals surface area contributed by atoms with E-state index in [9.17, 15) is 10.2 Å². The molecule has 0 aliphatic rings. The molecule has 0 heterocycles. The predicted octanol–water partition coefficient (Wildman–Crippen LogP) is 2.78. The summed E-state index contributed by atoms with van der Waals surface area (Å²) in [7, 11) is 3.02. The van der Waals surface area contributed by atoms with E-state index in [1.165, 1.54) is 13.2 Å². The van der Waals surface area contributed by atoms with Gasteiger partial charge in [0.25, 0.3) is 0 Å². The van der Waals surface area contributed by atoms with Gasteiger partial charge < -0.3 is 19.7 Å². The van der Waals surface area contributed by atoms with Crippen LogP contribution in [0.15, 0.2) is 36.4 Å². The lowest BCUT2D eigenvalue weighted by molar-refractivity contribution is 0.370. The second-order valence-corrected chi connectivity index (χ2v) is 3.74. The van der Waals surface area contributed by atoms with Gasteiger partial charge in [-0.2, -0.15) is 0 Å². The largest absolute Gasteiger partial charge is 0.507 e. The highest BCUT2D eigenvalue weighted by Gasteiger charge is 2.13. The summed E-state index contributed by atoms with van der Waals surface area (Å²) >= 11 is 0. The fourth-order valence-electron chi connectivity index (χ4n) is 1.80. The van der Waals surface area contributed by atoms with Gasteiger partial charge in [-0.1, -0.05) is 18.2 Å². The Labute approximate surface area is 105 Å². The van der Waals surface area contributed by atoms with E-state index in [1.807, 2.05) is 18.2 Å². The van der Waals surface area contributed by atoms with Crippen molar-refractivity contribution in [2.24, 2.45) is 0 Å². The van der Waals surface area contributed by atoms with Crippen LogP contribution >= 0.6 is 0 Å². The third-order valence-electron chi connectivity index (χ3n) is 2.69. The lowest BCUT2D eigenvalue weighted by atomic mass is 10.0. The van der Waals surface area contributed by atoms with E-state index in [-0.39, 0.29) is 11.5 Å². The second-order valence-electron chi connectivity index (χ2n) is 3.74. The summed E-state index contributed by atoms with van der Waals surface area (Å²) in [6.45, 7) is 0. The van der Waals surface area contributed by atoms with Crippen LogP contribution in [0, 0.1) is 0 Å². The fraction of sp³-hybridized carbons (Fsp3) is 0.143. The zero-order chi connectivity index (χ0) is 13.1. The third-order valence-corrected chi connectivity index (χ3v) is 2.69. The van der Waals surface area contributed by atoms with Crippen molar-refractivity contribution in [3.63, 3.8) is 0 Å². The first-order valence-corrected chi connectivity index (χ1v) is 5.40. The molecule has 0 aliphatic carbocycles. The van der Waals surface area contributed by atoms with Crippen molar-refractivity contribution >= 4 is 0 Å². The molecule has 4 nitrogen and oxygen atoms in total. The van der Waals surface area contributed by atoms with Crippen LogP contribution in [0.5, 0.6) is 23.0 Å². The van der Waals surface area contributed by atoms with Crippen LogP contribution < -0.4 is 9.47 Å². The molecule has 94 valence electrons. The molecule has 4 heteroatoms. The zero-order valence-corrected chi connectivity index (χ0v) is 10.2. The summed E-state index contributed by atoms with van der Waals surface area (Å²) in [5.74, 6) is 0.806. The number of methoxy groups -OCH3 is 2. The summed E-state index contributed by atoms with van der Waals surface area (Å²) < 4.78 is 10.3. The maximum absolute atomic E-state index is 9.91.